The van der Waals surface area contributed by atoms with Gasteiger partial charge in [-0.15, -0.1) is 45.3 Å². The van der Waals surface area contributed by atoms with E-state index in [0.29, 0.717) is 44.2 Å². The zero-order chi connectivity index (χ0) is 43.5. The summed E-state index contributed by atoms with van der Waals surface area (Å²) in [6, 6.07) is 0. The molecule has 6 unspecified atom stereocenters. The summed E-state index contributed by atoms with van der Waals surface area (Å²) in [6.45, 7) is 20.7. The lowest BCUT2D eigenvalue weighted by atomic mass is 9.92. The largest absolute Gasteiger partial charge is 0.485 e. The summed E-state index contributed by atoms with van der Waals surface area (Å²) >= 11 is 6.56. The van der Waals surface area contributed by atoms with Gasteiger partial charge in [-0.05, 0) is 69.1 Å². The van der Waals surface area contributed by atoms with Crippen molar-refractivity contribution in [2.45, 2.75) is 169 Å². The number of fused-ring (bicyclic) bond motifs is 4. The standard InChI is InChI=1S/2C13H20O2S.C12H18O2S.C11H16O2S/c1-3-5-6-10(4-2)11-7-14-12-8-16-9-13(12)15-11;1-3-5-10(6-4-2)11-7-14-12-8-16-9-13(12)15-11;1-3-5-6-12(4-2)9-13-10-7-15-8-11(10)14-12;1-3-8(2)4-9-5-12-10-6-14-7-11(10)13-9/h2*8-11H,3-7H2,1-2H3;7-8H,3-6,9H2,1-2H3;6-9H,3-5H2,1-2H3. The molecule has 0 N–H and O–H groups in total. The van der Waals surface area contributed by atoms with Gasteiger partial charge in [0.05, 0.1) is 0 Å². The Labute approximate surface area is 383 Å². The van der Waals surface area contributed by atoms with Crippen LogP contribution < -0.4 is 37.9 Å². The third-order valence-corrected chi connectivity index (χ3v) is 14.9. The molecule has 0 radical (unpaired) electrons. The van der Waals surface area contributed by atoms with Crippen molar-refractivity contribution >= 4 is 45.3 Å². The Balaban J connectivity index is 0.000000154. The zero-order valence-corrected chi connectivity index (χ0v) is 41.5. The molecule has 0 spiro atoms. The number of hydrogen-bond acceptors (Lipinski definition) is 12. The van der Waals surface area contributed by atoms with E-state index in [1.54, 1.807) is 45.3 Å². The molecule has 8 heterocycles. The third kappa shape index (κ3) is 14.6. The molecule has 12 heteroatoms. The summed E-state index contributed by atoms with van der Waals surface area (Å²) in [4.78, 5) is 0. The first-order chi connectivity index (χ1) is 29.8. The Kier molecular flexibility index (Phi) is 21.1. The van der Waals surface area contributed by atoms with Gasteiger partial charge in [-0.1, -0.05) is 93.9 Å². The third-order valence-electron chi connectivity index (χ3n) is 12.1. The normalized spacial score (nSPS) is 21.4. The van der Waals surface area contributed by atoms with Crippen LogP contribution in [0.4, 0.5) is 0 Å². The lowest BCUT2D eigenvalue weighted by Gasteiger charge is -2.36. The van der Waals surface area contributed by atoms with Gasteiger partial charge >= 0.3 is 0 Å². The van der Waals surface area contributed by atoms with Crippen molar-refractivity contribution in [3.05, 3.63) is 43.0 Å². The van der Waals surface area contributed by atoms with Crippen molar-refractivity contribution in [2.75, 3.05) is 26.4 Å². The Morgan fingerprint density at radius 2 is 1.02 bits per heavy atom. The van der Waals surface area contributed by atoms with Gasteiger partial charge in [-0.25, -0.2) is 0 Å². The molecule has 8 nitrogen and oxygen atoms in total. The Hall–Kier alpha value is -2.80. The lowest BCUT2D eigenvalue weighted by Crippen LogP contribution is -2.44. The average molecular weight is 919 g/mol. The van der Waals surface area contributed by atoms with E-state index in [1.807, 2.05) is 43.0 Å². The predicted molar refractivity (Wildman–Crippen MR) is 256 cm³/mol. The topological polar surface area (TPSA) is 73.8 Å². The number of rotatable bonds is 17. The highest BCUT2D eigenvalue weighted by Crippen LogP contribution is 2.42. The van der Waals surface area contributed by atoms with E-state index in [9.17, 15) is 0 Å². The summed E-state index contributed by atoms with van der Waals surface area (Å²) in [6.07, 6.45) is 17.5. The molecule has 0 aromatic carbocycles. The number of thiophene rings is 4. The summed E-state index contributed by atoms with van der Waals surface area (Å²) in [7, 11) is 0. The van der Waals surface area contributed by atoms with Gasteiger partial charge in [0.25, 0.3) is 0 Å². The summed E-state index contributed by atoms with van der Waals surface area (Å²) < 4.78 is 46.8. The molecular formula is C49H74O8S4. The molecule has 0 saturated carbocycles. The SMILES string of the molecule is CCC(C)CC1COc2cscc2O1.CCCC(CCC)C1COc2cscc2O1.CCCCC(CC)C1COc2cscc2O1.CCCCC1(CC)COc2cscc2O1. The first kappa shape index (κ1) is 49.2. The van der Waals surface area contributed by atoms with Crippen molar-refractivity contribution in [3.8, 4) is 46.0 Å². The van der Waals surface area contributed by atoms with Crippen LogP contribution in [-0.4, -0.2) is 50.3 Å². The molecule has 0 aliphatic carbocycles. The minimum Gasteiger partial charge on any atom is -0.485 e. The molecule has 6 atom stereocenters. The van der Waals surface area contributed by atoms with Crippen molar-refractivity contribution < 1.29 is 37.9 Å². The maximum atomic E-state index is 6.10. The van der Waals surface area contributed by atoms with E-state index in [1.165, 1.54) is 70.6 Å². The fraction of sp³-hybridized carbons (Fsp3) is 0.673. The van der Waals surface area contributed by atoms with E-state index in [0.717, 1.165) is 65.3 Å². The molecule has 0 fully saturated rings. The van der Waals surface area contributed by atoms with Crippen LogP contribution in [0.1, 0.15) is 145 Å². The number of unbranched alkanes of at least 4 members (excludes halogenated alkanes) is 2. The molecule has 61 heavy (non-hydrogen) atoms. The monoisotopic (exact) mass is 918 g/mol. The molecular weight excluding hydrogens is 845 g/mol. The molecule has 4 aromatic rings. The van der Waals surface area contributed by atoms with Gasteiger partial charge in [-0.2, -0.15) is 0 Å². The Morgan fingerprint density at radius 1 is 0.525 bits per heavy atom. The molecule has 342 valence electrons. The second-order valence-corrected chi connectivity index (χ2v) is 19.8. The average Bonchev–Trinajstić information content (AvgIpc) is 4.14. The highest BCUT2D eigenvalue weighted by atomic mass is 32.1. The Morgan fingerprint density at radius 3 is 1.52 bits per heavy atom. The van der Waals surface area contributed by atoms with Crippen molar-refractivity contribution in [1.29, 1.82) is 0 Å². The van der Waals surface area contributed by atoms with Gasteiger partial charge in [0.2, 0.25) is 0 Å². The van der Waals surface area contributed by atoms with Gasteiger partial charge in [0.1, 0.15) is 50.3 Å². The fourth-order valence-electron chi connectivity index (χ4n) is 8.00. The van der Waals surface area contributed by atoms with Crippen LogP contribution in [0.15, 0.2) is 43.0 Å². The van der Waals surface area contributed by atoms with Crippen LogP contribution >= 0.6 is 45.3 Å². The van der Waals surface area contributed by atoms with Gasteiger partial charge in [0, 0.05) is 43.0 Å². The molecule has 0 saturated heterocycles. The quantitative estimate of drug-likeness (QED) is 0.104. The van der Waals surface area contributed by atoms with Gasteiger partial charge in [0.15, 0.2) is 46.0 Å². The number of hydrogen-bond donors (Lipinski definition) is 0. The molecule has 4 aromatic heterocycles. The fourth-order valence-corrected chi connectivity index (χ4v) is 10.7. The highest BCUT2D eigenvalue weighted by Gasteiger charge is 2.36. The molecule has 4 aliphatic rings. The van der Waals surface area contributed by atoms with Crippen LogP contribution in [0, 0.1) is 17.8 Å². The summed E-state index contributed by atoms with van der Waals surface area (Å²) in [5.74, 6) is 9.41. The summed E-state index contributed by atoms with van der Waals surface area (Å²) in [5, 5.41) is 16.1. The van der Waals surface area contributed by atoms with E-state index < -0.39 is 0 Å². The van der Waals surface area contributed by atoms with Gasteiger partial charge < -0.3 is 37.9 Å². The molecule has 4 aliphatic heterocycles. The maximum Gasteiger partial charge on any atom is 0.172 e. The van der Waals surface area contributed by atoms with E-state index in [2.05, 4.69) is 55.4 Å². The second-order valence-electron chi connectivity index (χ2n) is 16.8. The van der Waals surface area contributed by atoms with Crippen LogP contribution in [0.5, 0.6) is 46.0 Å². The molecule has 8 rings (SSSR count). The summed E-state index contributed by atoms with van der Waals surface area (Å²) in [5.41, 5.74) is -0.0793. The first-order valence-corrected chi connectivity index (χ1v) is 27.0. The number of ether oxygens (including phenoxy) is 8. The van der Waals surface area contributed by atoms with E-state index in [-0.39, 0.29) is 23.9 Å². The highest BCUT2D eigenvalue weighted by molar-refractivity contribution is 7.09. The minimum absolute atomic E-state index is 0.0793. The van der Waals surface area contributed by atoms with Crippen molar-refractivity contribution in [2.24, 2.45) is 17.8 Å². The first-order valence-electron chi connectivity index (χ1n) is 23.2. The zero-order valence-electron chi connectivity index (χ0n) is 38.2. The Bertz CT molecular complexity index is 1760. The van der Waals surface area contributed by atoms with Crippen molar-refractivity contribution in [3.63, 3.8) is 0 Å². The van der Waals surface area contributed by atoms with Crippen LogP contribution in [0.25, 0.3) is 0 Å². The molecule has 0 bridgehead atoms. The predicted octanol–water partition coefficient (Wildman–Crippen LogP) is 15.4. The van der Waals surface area contributed by atoms with E-state index in [4.69, 9.17) is 37.9 Å². The van der Waals surface area contributed by atoms with Crippen molar-refractivity contribution in [1.82, 2.24) is 0 Å². The maximum absolute atomic E-state index is 6.10. The second kappa shape index (κ2) is 26.1. The van der Waals surface area contributed by atoms with Crippen LogP contribution in [-0.2, 0) is 0 Å². The minimum atomic E-state index is -0.0793. The van der Waals surface area contributed by atoms with E-state index >= 15 is 0 Å². The van der Waals surface area contributed by atoms with Crippen LogP contribution in [0.2, 0.25) is 0 Å². The lowest BCUT2D eigenvalue weighted by molar-refractivity contribution is -0.0186. The van der Waals surface area contributed by atoms with Crippen LogP contribution in [0.3, 0.4) is 0 Å². The smallest absolute Gasteiger partial charge is 0.172 e. The molecule has 0 amide bonds. The van der Waals surface area contributed by atoms with Gasteiger partial charge in [-0.3, -0.25) is 0 Å².